The van der Waals surface area contributed by atoms with Gasteiger partial charge in [-0.25, -0.2) is 14.8 Å². The summed E-state index contributed by atoms with van der Waals surface area (Å²) in [6.07, 6.45) is 6.91. The predicted octanol–water partition coefficient (Wildman–Crippen LogP) is 3.26. The fraction of sp³-hybridized carbons (Fsp3) is 0.345. The molecular formula is C29H35N7O6. The number of rotatable bonds is 14. The molecule has 0 saturated heterocycles. The molecule has 0 aliphatic rings. The molecule has 1 amide bonds. The molecule has 0 radical (unpaired) electrons. The number of aromatic amines is 1. The first-order chi connectivity index (χ1) is 19.9. The number of carbonyl (C=O) groups is 3. The zero-order valence-corrected chi connectivity index (χ0v) is 23.7. The van der Waals surface area contributed by atoms with E-state index in [4.69, 9.17) is 5.73 Å². The highest BCUT2D eigenvalue weighted by Crippen LogP contribution is 2.18. The average Bonchev–Trinajstić information content (AvgIpc) is 2.93. The van der Waals surface area contributed by atoms with Gasteiger partial charge in [0.25, 0.3) is 11.5 Å². The Labute approximate surface area is 242 Å². The zero-order chi connectivity index (χ0) is 30.8. The van der Waals surface area contributed by atoms with Gasteiger partial charge in [0.1, 0.15) is 6.04 Å². The number of aliphatic carboxylic acids is 2. The van der Waals surface area contributed by atoms with Crippen molar-refractivity contribution in [2.45, 2.75) is 59.0 Å². The zero-order valence-electron chi connectivity index (χ0n) is 23.7. The number of carboxylic acid groups (broad SMARTS) is 2. The molecule has 1 aromatic carbocycles. The standard InChI is InChI=1S/C29H35N7O6/c1-16(2)5-4-6-17(3)7-8-19(27(39)40)13-22(28(41)42)34-25(37)18-9-11-20(12-10-18)31-14-21-15-32-24-23(33-21)26(38)36-29(30)35-24/h5,7,9-12,15,19,22,31H,4,6,8,13-14H2,1-3H3,(H,34,37)(H,39,40)(H,41,42)(H3,30,32,35,36,38)/b17-7+/t19?,22-/m0/s1. The number of nitrogens with two attached hydrogens (primary N) is 1. The number of hydrogen-bond donors (Lipinski definition) is 6. The third-order valence-corrected chi connectivity index (χ3v) is 6.42. The molecule has 0 bridgehead atoms. The van der Waals surface area contributed by atoms with Crippen LogP contribution in [0.5, 0.6) is 0 Å². The van der Waals surface area contributed by atoms with Crippen LogP contribution in [0.2, 0.25) is 0 Å². The molecule has 7 N–H and O–H groups in total. The molecular weight excluding hydrogens is 542 g/mol. The number of hydrogen-bond acceptors (Lipinski definition) is 9. The summed E-state index contributed by atoms with van der Waals surface area (Å²) >= 11 is 0. The van der Waals surface area contributed by atoms with Gasteiger partial charge in [-0.2, -0.15) is 4.98 Å². The fourth-order valence-electron chi connectivity index (χ4n) is 4.07. The second kappa shape index (κ2) is 14.5. The van der Waals surface area contributed by atoms with Crippen LogP contribution in [-0.2, 0) is 16.1 Å². The molecule has 3 rings (SSSR count). The summed E-state index contributed by atoms with van der Waals surface area (Å²) in [5.74, 6) is -4.11. The van der Waals surface area contributed by atoms with Crippen LogP contribution in [0.25, 0.3) is 11.2 Å². The minimum absolute atomic E-state index is 0.0540. The topological polar surface area (TPSA) is 213 Å². The van der Waals surface area contributed by atoms with Crippen molar-refractivity contribution >= 4 is 40.6 Å². The minimum Gasteiger partial charge on any atom is -0.481 e. The van der Waals surface area contributed by atoms with Crippen LogP contribution in [0.1, 0.15) is 62.5 Å². The highest BCUT2D eigenvalue weighted by Gasteiger charge is 2.28. The van der Waals surface area contributed by atoms with E-state index in [-0.39, 0.29) is 42.1 Å². The number of anilines is 2. The normalized spacial score (nSPS) is 12.8. The van der Waals surface area contributed by atoms with Crippen molar-refractivity contribution < 1.29 is 24.6 Å². The molecule has 3 aromatic rings. The van der Waals surface area contributed by atoms with Crippen LogP contribution in [0.3, 0.4) is 0 Å². The lowest BCUT2D eigenvalue weighted by Crippen LogP contribution is -2.43. The van der Waals surface area contributed by atoms with E-state index in [0.717, 1.165) is 18.4 Å². The summed E-state index contributed by atoms with van der Waals surface area (Å²) in [5.41, 5.74) is 8.73. The molecule has 1 unspecified atom stereocenters. The second-order valence-corrected chi connectivity index (χ2v) is 10.2. The third-order valence-electron chi connectivity index (χ3n) is 6.42. The molecule has 2 aromatic heterocycles. The Hall–Kier alpha value is -5.07. The van der Waals surface area contributed by atoms with E-state index in [1.807, 2.05) is 26.8 Å². The molecule has 222 valence electrons. The number of H-pyrrole nitrogens is 1. The number of fused-ring (bicyclic) bond motifs is 1. The molecule has 2 heterocycles. The van der Waals surface area contributed by atoms with Crippen molar-refractivity contribution in [3.05, 3.63) is 75.4 Å². The van der Waals surface area contributed by atoms with Gasteiger partial charge in [0, 0.05) is 11.3 Å². The minimum atomic E-state index is -1.38. The molecule has 0 aliphatic heterocycles. The predicted molar refractivity (Wildman–Crippen MR) is 158 cm³/mol. The summed E-state index contributed by atoms with van der Waals surface area (Å²) < 4.78 is 0. The van der Waals surface area contributed by atoms with Gasteiger partial charge >= 0.3 is 11.9 Å². The maximum Gasteiger partial charge on any atom is 0.326 e. The van der Waals surface area contributed by atoms with Crippen LogP contribution in [0.4, 0.5) is 11.6 Å². The number of nitrogens with one attached hydrogen (secondary N) is 3. The maximum atomic E-state index is 12.8. The van der Waals surface area contributed by atoms with Gasteiger partial charge < -0.3 is 26.6 Å². The van der Waals surface area contributed by atoms with Crippen LogP contribution in [0.15, 0.2) is 58.6 Å². The summed E-state index contributed by atoms with van der Waals surface area (Å²) in [4.78, 5) is 63.2. The van der Waals surface area contributed by atoms with E-state index in [9.17, 15) is 29.4 Å². The van der Waals surface area contributed by atoms with Crippen molar-refractivity contribution in [2.75, 3.05) is 11.1 Å². The fourth-order valence-corrected chi connectivity index (χ4v) is 4.07. The van der Waals surface area contributed by atoms with Crippen molar-refractivity contribution in [3.63, 3.8) is 0 Å². The lowest BCUT2D eigenvalue weighted by atomic mass is 9.94. The van der Waals surface area contributed by atoms with Gasteiger partial charge in [-0.15, -0.1) is 0 Å². The number of carboxylic acids is 2. The Morgan fingerprint density at radius 2 is 1.76 bits per heavy atom. The van der Waals surface area contributed by atoms with Crippen molar-refractivity contribution in [1.29, 1.82) is 0 Å². The second-order valence-electron chi connectivity index (χ2n) is 10.2. The molecule has 13 nitrogen and oxygen atoms in total. The van der Waals surface area contributed by atoms with Gasteiger partial charge in [-0.1, -0.05) is 23.3 Å². The van der Waals surface area contributed by atoms with Crippen LogP contribution in [-0.4, -0.2) is 54.0 Å². The monoisotopic (exact) mass is 577 g/mol. The van der Waals surface area contributed by atoms with Gasteiger partial charge in [0.05, 0.1) is 24.4 Å². The molecule has 0 fully saturated rings. The molecule has 42 heavy (non-hydrogen) atoms. The largest absolute Gasteiger partial charge is 0.481 e. The first-order valence-electron chi connectivity index (χ1n) is 13.3. The van der Waals surface area contributed by atoms with Crippen molar-refractivity contribution in [3.8, 4) is 0 Å². The summed E-state index contributed by atoms with van der Waals surface area (Å²) in [7, 11) is 0. The highest BCUT2D eigenvalue weighted by atomic mass is 16.4. The molecule has 0 saturated carbocycles. The lowest BCUT2D eigenvalue weighted by molar-refractivity contribution is -0.144. The SMILES string of the molecule is CC(C)=CCC/C(C)=C/CC(C[C@H](NC(=O)c1ccc(NCc2cnc3nc(N)[nH]c(=O)c3n2)cc1)C(=O)O)C(=O)O. The Morgan fingerprint density at radius 1 is 1.05 bits per heavy atom. The third kappa shape index (κ3) is 9.25. The number of nitrogens with zero attached hydrogens (tertiary/aromatic N) is 3. The molecule has 13 heteroatoms. The van der Waals surface area contributed by atoms with E-state index < -0.39 is 35.4 Å². The quantitative estimate of drug-likeness (QED) is 0.153. The number of amides is 1. The van der Waals surface area contributed by atoms with Gasteiger partial charge in [-0.05, 0) is 70.7 Å². The van der Waals surface area contributed by atoms with Gasteiger partial charge in [0.2, 0.25) is 5.95 Å². The van der Waals surface area contributed by atoms with Crippen molar-refractivity contribution in [2.24, 2.45) is 5.92 Å². The number of benzene rings is 1. The highest BCUT2D eigenvalue weighted by molar-refractivity contribution is 5.97. The van der Waals surface area contributed by atoms with E-state index in [2.05, 4.69) is 36.6 Å². The van der Waals surface area contributed by atoms with Gasteiger partial charge in [0.15, 0.2) is 11.2 Å². The smallest absolute Gasteiger partial charge is 0.326 e. The van der Waals surface area contributed by atoms with E-state index >= 15 is 0 Å². The molecule has 0 spiro atoms. The first-order valence-corrected chi connectivity index (χ1v) is 13.3. The van der Waals surface area contributed by atoms with Crippen molar-refractivity contribution in [1.82, 2.24) is 25.3 Å². The number of carbonyl (C=O) groups excluding carboxylic acids is 1. The van der Waals surface area contributed by atoms with Crippen LogP contribution >= 0.6 is 0 Å². The number of aromatic nitrogens is 4. The Morgan fingerprint density at radius 3 is 2.40 bits per heavy atom. The van der Waals surface area contributed by atoms with Gasteiger partial charge in [-0.3, -0.25) is 19.4 Å². The Bertz CT molecular complexity index is 1560. The number of nitrogen functional groups attached to an aromatic ring is 1. The average molecular weight is 578 g/mol. The lowest BCUT2D eigenvalue weighted by Gasteiger charge is -2.19. The van der Waals surface area contributed by atoms with Crippen LogP contribution < -0.4 is 21.9 Å². The Kier molecular flexibility index (Phi) is 10.9. The van der Waals surface area contributed by atoms with Crippen LogP contribution in [0, 0.1) is 5.92 Å². The molecule has 0 aliphatic carbocycles. The molecule has 2 atom stereocenters. The first kappa shape index (κ1) is 31.5. The van der Waals surface area contributed by atoms with E-state index in [0.29, 0.717) is 11.4 Å². The number of allylic oxidation sites excluding steroid dienone is 4. The summed E-state index contributed by atoms with van der Waals surface area (Å²) in [6.45, 7) is 6.15. The summed E-state index contributed by atoms with van der Waals surface area (Å²) in [6, 6.07) is 4.88. The summed E-state index contributed by atoms with van der Waals surface area (Å²) in [5, 5.41) is 24.9. The van der Waals surface area contributed by atoms with E-state index in [1.54, 1.807) is 12.1 Å². The Balaban J connectivity index is 1.59. The van der Waals surface area contributed by atoms with E-state index in [1.165, 1.54) is 23.9 Å². The maximum absolute atomic E-state index is 12.8.